The Morgan fingerprint density at radius 2 is 1.70 bits per heavy atom. The molecule has 1 aromatic rings. The first-order valence-electron chi connectivity index (χ1n) is 7.22. The number of hydrogen-bond donors (Lipinski definition) is 0. The van der Waals surface area contributed by atoms with Gasteiger partial charge in [0.05, 0.1) is 25.4 Å². The Bertz CT molecular complexity index is 570. The molecular weight excluding hydrogens is 320 g/mol. The molecule has 0 saturated carbocycles. The molecule has 0 spiro atoms. The molecule has 1 rings (SSSR count). The Morgan fingerprint density at radius 3 is 2.30 bits per heavy atom. The second kappa shape index (κ2) is 9.89. The summed E-state index contributed by atoms with van der Waals surface area (Å²) in [5.41, 5.74) is 0.524. The van der Waals surface area contributed by atoms with Gasteiger partial charge in [-0.05, 0) is 26.0 Å². The van der Waals surface area contributed by atoms with Crippen molar-refractivity contribution in [1.82, 2.24) is 0 Å². The molecule has 0 aliphatic rings. The third kappa shape index (κ3) is 6.73. The SMILES string of the molecule is CCOC(=O)CSc1cccc(OC(C)=O)c1CC(=O)OCC. The predicted molar refractivity (Wildman–Crippen MR) is 85.4 cm³/mol. The summed E-state index contributed by atoms with van der Waals surface area (Å²) in [7, 11) is 0. The van der Waals surface area contributed by atoms with Gasteiger partial charge in [-0.1, -0.05) is 6.07 Å². The number of rotatable bonds is 8. The minimum atomic E-state index is -0.484. The van der Waals surface area contributed by atoms with Gasteiger partial charge < -0.3 is 14.2 Å². The summed E-state index contributed by atoms with van der Waals surface area (Å²) >= 11 is 1.22. The lowest BCUT2D eigenvalue weighted by Crippen LogP contribution is -2.12. The zero-order valence-electron chi connectivity index (χ0n) is 13.4. The van der Waals surface area contributed by atoms with Gasteiger partial charge in [0.1, 0.15) is 5.75 Å². The highest BCUT2D eigenvalue weighted by atomic mass is 32.2. The second-order valence-electron chi connectivity index (χ2n) is 4.40. The monoisotopic (exact) mass is 340 g/mol. The van der Waals surface area contributed by atoms with Crippen LogP contribution in [0.2, 0.25) is 0 Å². The number of hydrogen-bond acceptors (Lipinski definition) is 7. The van der Waals surface area contributed by atoms with E-state index in [9.17, 15) is 14.4 Å². The summed E-state index contributed by atoms with van der Waals surface area (Å²) in [4.78, 5) is 35.2. The van der Waals surface area contributed by atoms with Crippen molar-refractivity contribution in [3.05, 3.63) is 23.8 Å². The normalized spacial score (nSPS) is 10.0. The lowest BCUT2D eigenvalue weighted by Gasteiger charge is -2.13. The number of esters is 3. The Hall–Kier alpha value is -2.02. The van der Waals surface area contributed by atoms with Crippen molar-refractivity contribution in [3.63, 3.8) is 0 Å². The number of benzene rings is 1. The first kappa shape index (κ1) is 19.0. The Morgan fingerprint density at radius 1 is 1.04 bits per heavy atom. The molecule has 0 aliphatic carbocycles. The topological polar surface area (TPSA) is 78.9 Å². The van der Waals surface area contributed by atoms with Crippen molar-refractivity contribution in [1.29, 1.82) is 0 Å². The van der Waals surface area contributed by atoms with Gasteiger partial charge in [0.2, 0.25) is 0 Å². The molecule has 0 amide bonds. The van der Waals surface area contributed by atoms with Crippen molar-refractivity contribution in [2.24, 2.45) is 0 Å². The van der Waals surface area contributed by atoms with E-state index >= 15 is 0 Å². The third-order valence-corrected chi connectivity index (χ3v) is 3.69. The molecule has 0 aromatic heterocycles. The largest absolute Gasteiger partial charge is 0.466 e. The van der Waals surface area contributed by atoms with Crippen molar-refractivity contribution in [2.75, 3.05) is 19.0 Å². The van der Waals surface area contributed by atoms with Crippen LogP contribution in [-0.4, -0.2) is 36.9 Å². The maximum atomic E-state index is 11.8. The van der Waals surface area contributed by atoms with Crippen LogP contribution in [0, 0.1) is 0 Å². The Balaban J connectivity index is 2.99. The number of carbonyl (C=O) groups is 3. The summed E-state index contributed by atoms with van der Waals surface area (Å²) in [6, 6.07) is 5.05. The molecule has 7 heteroatoms. The highest BCUT2D eigenvalue weighted by Gasteiger charge is 2.17. The zero-order chi connectivity index (χ0) is 17.2. The first-order chi connectivity index (χ1) is 11.0. The van der Waals surface area contributed by atoms with Crippen LogP contribution in [0.3, 0.4) is 0 Å². The van der Waals surface area contributed by atoms with E-state index in [2.05, 4.69) is 0 Å². The average Bonchev–Trinajstić information content (AvgIpc) is 2.47. The Kier molecular flexibility index (Phi) is 8.18. The molecule has 0 atom stereocenters. The minimum absolute atomic E-state index is 0.0392. The van der Waals surface area contributed by atoms with Gasteiger partial charge in [-0.2, -0.15) is 0 Å². The van der Waals surface area contributed by atoms with E-state index < -0.39 is 11.9 Å². The second-order valence-corrected chi connectivity index (χ2v) is 5.42. The molecule has 0 fully saturated rings. The number of thioether (sulfide) groups is 1. The van der Waals surface area contributed by atoms with Crippen molar-refractivity contribution in [3.8, 4) is 5.75 Å². The number of carbonyl (C=O) groups excluding carboxylic acids is 3. The van der Waals surface area contributed by atoms with E-state index in [1.54, 1.807) is 32.0 Å². The van der Waals surface area contributed by atoms with Crippen LogP contribution < -0.4 is 4.74 Å². The van der Waals surface area contributed by atoms with E-state index in [1.807, 2.05) is 0 Å². The first-order valence-corrected chi connectivity index (χ1v) is 8.20. The van der Waals surface area contributed by atoms with Crippen LogP contribution in [0.15, 0.2) is 23.1 Å². The lowest BCUT2D eigenvalue weighted by atomic mass is 10.1. The average molecular weight is 340 g/mol. The molecule has 0 radical (unpaired) electrons. The van der Waals surface area contributed by atoms with E-state index in [0.29, 0.717) is 22.8 Å². The van der Waals surface area contributed by atoms with Gasteiger partial charge in [-0.25, -0.2) is 0 Å². The highest BCUT2D eigenvalue weighted by molar-refractivity contribution is 8.00. The van der Waals surface area contributed by atoms with Gasteiger partial charge in [0.25, 0.3) is 0 Å². The van der Waals surface area contributed by atoms with Gasteiger partial charge in [0.15, 0.2) is 0 Å². The zero-order valence-corrected chi connectivity index (χ0v) is 14.2. The summed E-state index contributed by atoms with van der Waals surface area (Å²) < 4.78 is 15.0. The summed E-state index contributed by atoms with van der Waals surface area (Å²) in [6.07, 6.45) is -0.0392. The molecule has 0 unspecified atom stereocenters. The molecule has 0 aliphatic heterocycles. The van der Waals surface area contributed by atoms with Crippen molar-refractivity contribution < 1.29 is 28.6 Å². The van der Waals surface area contributed by atoms with Crippen molar-refractivity contribution in [2.45, 2.75) is 32.1 Å². The fraction of sp³-hybridized carbons (Fsp3) is 0.438. The maximum absolute atomic E-state index is 11.8. The third-order valence-electron chi connectivity index (χ3n) is 2.62. The standard InChI is InChI=1S/C16H20O6S/c1-4-20-15(18)9-12-13(22-11(3)17)7-6-8-14(12)23-10-16(19)21-5-2/h6-8H,4-5,9-10H2,1-3H3. The fourth-order valence-electron chi connectivity index (χ4n) is 1.80. The summed E-state index contributed by atoms with van der Waals surface area (Å²) in [5, 5.41) is 0. The van der Waals surface area contributed by atoms with Crippen molar-refractivity contribution >= 4 is 29.7 Å². The lowest BCUT2D eigenvalue weighted by molar-refractivity contribution is -0.142. The van der Waals surface area contributed by atoms with Crippen LogP contribution in [0.5, 0.6) is 5.75 Å². The molecule has 23 heavy (non-hydrogen) atoms. The van der Waals surface area contributed by atoms with Crippen LogP contribution in [-0.2, 0) is 30.3 Å². The summed E-state index contributed by atoms with van der Waals surface area (Å²) in [5.74, 6) is -0.864. The Labute approximate surface area is 139 Å². The minimum Gasteiger partial charge on any atom is -0.466 e. The molecule has 0 N–H and O–H groups in total. The van der Waals surface area contributed by atoms with Crippen LogP contribution in [0.1, 0.15) is 26.3 Å². The van der Waals surface area contributed by atoms with Crippen LogP contribution in [0.25, 0.3) is 0 Å². The number of ether oxygens (including phenoxy) is 3. The highest BCUT2D eigenvalue weighted by Crippen LogP contribution is 2.31. The van der Waals surface area contributed by atoms with E-state index in [4.69, 9.17) is 14.2 Å². The van der Waals surface area contributed by atoms with E-state index in [0.717, 1.165) is 0 Å². The van der Waals surface area contributed by atoms with Crippen LogP contribution in [0.4, 0.5) is 0 Å². The molecule has 0 bridgehead atoms. The van der Waals surface area contributed by atoms with E-state index in [1.165, 1.54) is 18.7 Å². The fourth-order valence-corrected chi connectivity index (χ4v) is 2.68. The molecule has 6 nitrogen and oxygen atoms in total. The molecule has 0 saturated heterocycles. The van der Waals surface area contributed by atoms with Gasteiger partial charge >= 0.3 is 17.9 Å². The maximum Gasteiger partial charge on any atom is 0.316 e. The van der Waals surface area contributed by atoms with Gasteiger partial charge in [0, 0.05) is 17.4 Å². The van der Waals surface area contributed by atoms with Crippen LogP contribution >= 0.6 is 11.8 Å². The molecule has 1 aromatic carbocycles. The quantitative estimate of drug-likeness (QED) is 0.408. The predicted octanol–water partition coefficient (Wildman–Crippen LogP) is 2.37. The molecular formula is C16H20O6S. The summed E-state index contributed by atoms with van der Waals surface area (Å²) in [6.45, 7) is 5.30. The van der Waals surface area contributed by atoms with Gasteiger partial charge in [-0.3, -0.25) is 14.4 Å². The molecule has 126 valence electrons. The van der Waals surface area contributed by atoms with E-state index in [-0.39, 0.29) is 24.7 Å². The smallest absolute Gasteiger partial charge is 0.316 e. The molecule has 0 heterocycles. The van der Waals surface area contributed by atoms with Gasteiger partial charge in [-0.15, -0.1) is 11.8 Å².